The third-order valence-electron chi connectivity index (χ3n) is 7.15. The molecule has 4 rings (SSSR count). The lowest BCUT2D eigenvalue weighted by Crippen LogP contribution is -2.50. The third kappa shape index (κ3) is 5.37. The lowest BCUT2D eigenvalue weighted by molar-refractivity contribution is -0.132. The average Bonchev–Trinajstić information content (AvgIpc) is 3.59. The van der Waals surface area contributed by atoms with Gasteiger partial charge in [-0.05, 0) is 51.5 Å². The number of aliphatic hydroxyl groups is 2. The Labute approximate surface area is 201 Å². The number of aliphatic hydroxyl groups excluding tert-OH is 1. The maximum atomic E-state index is 13.5. The molecule has 0 bridgehead atoms. The van der Waals surface area contributed by atoms with Crippen molar-refractivity contribution in [3.8, 4) is 17.7 Å². The van der Waals surface area contributed by atoms with Gasteiger partial charge in [0.2, 0.25) is 11.8 Å². The molecule has 2 N–H and O–H groups in total. The molecule has 184 valence electrons. The molecule has 3 atom stereocenters. The standard InChI is InChI=1S/C26H35N3O5/c1-17-14-29(18(2)16-30)25(32)21-12-19(8-11-26(33)9-4-5-10-26)13-27-23(21)34-22(17)15-28(3)24(31)20-6-7-20/h12-13,17-18,20,22,30,33H,4-7,9-10,14-16H2,1-3H3/t17-,18-,22+/m0/s1. The maximum Gasteiger partial charge on any atom is 0.259 e. The van der Waals surface area contributed by atoms with E-state index in [9.17, 15) is 19.8 Å². The molecular weight excluding hydrogens is 434 g/mol. The van der Waals surface area contributed by atoms with Crippen molar-refractivity contribution in [3.05, 3.63) is 23.4 Å². The topological polar surface area (TPSA) is 103 Å². The first-order valence-electron chi connectivity index (χ1n) is 12.3. The van der Waals surface area contributed by atoms with Crippen LogP contribution in [0.5, 0.6) is 5.88 Å². The monoisotopic (exact) mass is 469 g/mol. The van der Waals surface area contributed by atoms with Crippen LogP contribution in [0.3, 0.4) is 0 Å². The van der Waals surface area contributed by atoms with Crippen molar-refractivity contribution in [1.29, 1.82) is 0 Å². The van der Waals surface area contributed by atoms with E-state index in [4.69, 9.17) is 4.74 Å². The number of amides is 2. The second-order valence-electron chi connectivity index (χ2n) is 10.2. The van der Waals surface area contributed by atoms with E-state index in [1.165, 1.54) is 0 Å². The molecule has 2 amide bonds. The number of carbonyl (C=O) groups is 2. The van der Waals surface area contributed by atoms with E-state index in [0.717, 1.165) is 25.7 Å². The highest BCUT2D eigenvalue weighted by atomic mass is 16.5. The van der Waals surface area contributed by atoms with Crippen molar-refractivity contribution in [2.24, 2.45) is 11.8 Å². The van der Waals surface area contributed by atoms with Crippen molar-refractivity contribution in [3.63, 3.8) is 0 Å². The Hall–Kier alpha value is -2.63. The number of rotatable bonds is 5. The summed E-state index contributed by atoms with van der Waals surface area (Å²) < 4.78 is 6.24. The number of aromatic nitrogens is 1. The number of hydrogen-bond donors (Lipinski definition) is 2. The molecule has 0 saturated heterocycles. The predicted molar refractivity (Wildman–Crippen MR) is 126 cm³/mol. The Kier molecular flexibility index (Phi) is 7.15. The van der Waals surface area contributed by atoms with Gasteiger partial charge in [-0.25, -0.2) is 4.98 Å². The summed E-state index contributed by atoms with van der Waals surface area (Å²) in [5.74, 6) is 6.02. The summed E-state index contributed by atoms with van der Waals surface area (Å²) in [5, 5.41) is 20.4. The van der Waals surface area contributed by atoms with E-state index in [2.05, 4.69) is 16.8 Å². The summed E-state index contributed by atoms with van der Waals surface area (Å²) in [5.41, 5.74) is -0.182. The molecule has 0 unspecified atom stereocenters. The van der Waals surface area contributed by atoms with E-state index in [-0.39, 0.29) is 53.8 Å². The fraction of sp³-hybridized carbons (Fsp3) is 0.654. The fourth-order valence-electron chi connectivity index (χ4n) is 4.66. The van der Waals surface area contributed by atoms with Crippen molar-refractivity contribution in [2.45, 2.75) is 70.1 Å². The van der Waals surface area contributed by atoms with Gasteiger partial charge >= 0.3 is 0 Å². The van der Waals surface area contributed by atoms with E-state index < -0.39 is 5.60 Å². The van der Waals surface area contributed by atoms with Crippen LogP contribution in [0.15, 0.2) is 12.3 Å². The van der Waals surface area contributed by atoms with Gasteiger partial charge in [0.1, 0.15) is 17.3 Å². The van der Waals surface area contributed by atoms with Crippen LogP contribution in [0.1, 0.15) is 68.3 Å². The quantitative estimate of drug-likeness (QED) is 0.638. The van der Waals surface area contributed by atoms with Crippen LogP contribution in [0, 0.1) is 23.7 Å². The molecule has 1 aliphatic heterocycles. The Balaban J connectivity index is 1.64. The molecule has 2 heterocycles. The van der Waals surface area contributed by atoms with Crippen LogP contribution >= 0.6 is 0 Å². The number of ether oxygens (including phenoxy) is 1. The first-order chi connectivity index (χ1) is 16.2. The van der Waals surface area contributed by atoms with Gasteiger partial charge in [0.15, 0.2) is 0 Å². The van der Waals surface area contributed by atoms with Gasteiger partial charge in [0.05, 0.1) is 19.2 Å². The minimum Gasteiger partial charge on any atom is -0.472 e. The lowest BCUT2D eigenvalue weighted by Gasteiger charge is -2.37. The molecule has 1 aromatic rings. The number of likely N-dealkylation sites (N-methyl/N-ethyl adjacent to an activating group) is 1. The summed E-state index contributed by atoms with van der Waals surface area (Å²) in [7, 11) is 1.79. The van der Waals surface area contributed by atoms with Gasteiger partial charge in [-0.3, -0.25) is 9.59 Å². The van der Waals surface area contributed by atoms with E-state index in [0.29, 0.717) is 31.5 Å². The Bertz CT molecular complexity index is 990. The molecule has 2 aliphatic carbocycles. The van der Waals surface area contributed by atoms with Gasteiger partial charge in [-0.1, -0.05) is 18.8 Å². The van der Waals surface area contributed by atoms with Gasteiger partial charge < -0.3 is 24.7 Å². The second-order valence-corrected chi connectivity index (χ2v) is 10.2. The van der Waals surface area contributed by atoms with Crippen molar-refractivity contribution in [1.82, 2.24) is 14.8 Å². The molecule has 0 aromatic carbocycles. The molecule has 8 heteroatoms. The maximum absolute atomic E-state index is 13.5. The third-order valence-corrected chi connectivity index (χ3v) is 7.15. The van der Waals surface area contributed by atoms with Gasteiger partial charge in [0, 0.05) is 37.2 Å². The molecule has 34 heavy (non-hydrogen) atoms. The molecule has 3 aliphatic rings. The first-order valence-corrected chi connectivity index (χ1v) is 12.3. The summed E-state index contributed by atoms with van der Waals surface area (Å²) in [6.07, 6.45) is 6.25. The summed E-state index contributed by atoms with van der Waals surface area (Å²) in [4.78, 5) is 33.8. The SMILES string of the molecule is C[C@H]1CN([C@@H](C)CO)C(=O)c2cc(C#CC3(O)CCCC3)cnc2O[C@@H]1CN(C)C(=O)C1CC1. The first kappa shape index (κ1) is 24.5. The average molecular weight is 470 g/mol. The van der Waals surface area contributed by atoms with E-state index >= 15 is 0 Å². The van der Waals surface area contributed by atoms with Crippen LogP contribution in [0.25, 0.3) is 0 Å². The van der Waals surface area contributed by atoms with Crippen LogP contribution in [0.2, 0.25) is 0 Å². The number of hydrogen-bond acceptors (Lipinski definition) is 6. The van der Waals surface area contributed by atoms with Crippen molar-refractivity contribution in [2.75, 3.05) is 26.7 Å². The number of fused-ring (bicyclic) bond motifs is 1. The molecular formula is C26H35N3O5. The zero-order valence-corrected chi connectivity index (χ0v) is 20.3. The number of nitrogens with zero attached hydrogens (tertiary/aromatic N) is 3. The van der Waals surface area contributed by atoms with E-state index in [1.807, 2.05) is 6.92 Å². The number of pyridine rings is 1. The smallest absolute Gasteiger partial charge is 0.259 e. The van der Waals surface area contributed by atoms with Crippen LogP contribution in [-0.2, 0) is 4.79 Å². The highest BCUT2D eigenvalue weighted by molar-refractivity contribution is 5.97. The molecule has 0 radical (unpaired) electrons. The van der Waals surface area contributed by atoms with Gasteiger partial charge in [0.25, 0.3) is 5.91 Å². The minimum atomic E-state index is -0.985. The van der Waals surface area contributed by atoms with Crippen molar-refractivity contribution < 1.29 is 24.5 Å². The van der Waals surface area contributed by atoms with Gasteiger partial charge in [-0.2, -0.15) is 0 Å². The largest absolute Gasteiger partial charge is 0.472 e. The Morgan fingerprint density at radius 2 is 2.09 bits per heavy atom. The van der Waals surface area contributed by atoms with Crippen LogP contribution in [-0.4, -0.2) is 81.3 Å². The fourth-order valence-corrected chi connectivity index (χ4v) is 4.66. The predicted octanol–water partition coefficient (Wildman–Crippen LogP) is 1.83. The van der Waals surface area contributed by atoms with Gasteiger partial charge in [-0.15, -0.1) is 0 Å². The summed E-state index contributed by atoms with van der Waals surface area (Å²) >= 11 is 0. The zero-order chi connectivity index (χ0) is 24.5. The Morgan fingerprint density at radius 1 is 1.38 bits per heavy atom. The molecule has 0 spiro atoms. The van der Waals surface area contributed by atoms with Crippen LogP contribution in [0.4, 0.5) is 0 Å². The summed E-state index contributed by atoms with van der Waals surface area (Å²) in [6.45, 7) is 4.39. The van der Waals surface area contributed by atoms with Crippen LogP contribution < -0.4 is 4.74 Å². The second kappa shape index (κ2) is 9.93. The van der Waals surface area contributed by atoms with E-state index in [1.54, 1.807) is 36.0 Å². The normalized spacial score (nSPS) is 24.7. The highest BCUT2D eigenvalue weighted by Crippen LogP contribution is 2.32. The zero-order valence-electron chi connectivity index (χ0n) is 20.3. The number of carbonyl (C=O) groups excluding carboxylic acids is 2. The molecule has 1 aromatic heterocycles. The minimum absolute atomic E-state index is 0.0848. The summed E-state index contributed by atoms with van der Waals surface area (Å²) in [6, 6.07) is 1.26. The Morgan fingerprint density at radius 3 is 2.74 bits per heavy atom. The molecule has 2 saturated carbocycles. The molecule has 8 nitrogen and oxygen atoms in total. The molecule has 2 fully saturated rings. The highest BCUT2D eigenvalue weighted by Gasteiger charge is 2.37. The lowest BCUT2D eigenvalue weighted by atomic mass is 9.99. The van der Waals surface area contributed by atoms with Crippen molar-refractivity contribution >= 4 is 11.8 Å².